The summed E-state index contributed by atoms with van der Waals surface area (Å²) in [6, 6.07) is 3.32. The quantitative estimate of drug-likeness (QED) is 0.0984. The molecule has 39 heavy (non-hydrogen) atoms. The SMILES string of the molecule is N[C@@H](CCCCNC(=O)CCCCCCCCCCCCCCCNC(=O)c1ccc(BO)c(F)c1)C(=O)O. The minimum absolute atomic E-state index is 0.0733. The van der Waals surface area contributed by atoms with Crippen molar-refractivity contribution in [3.8, 4) is 0 Å². The van der Waals surface area contributed by atoms with Crippen LogP contribution in [0.5, 0.6) is 0 Å². The lowest BCUT2D eigenvalue weighted by molar-refractivity contribution is -0.138. The van der Waals surface area contributed by atoms with Gasteiger partial charge in [0.15, 0.2) is 0 Å². The smallest absolute Gasteiger partial charge is 0.320 e. The molecule has 1 aromatic rings. The first-order chi connectivity index (χ1) is 18.8. The average Bonchev–Trinajstić information content (AvgIpc) is 2.92. The van der Waals surface area contributed by atoms with Gasteiger partial charge in [-0.3, -0.25) is 14.4 Å². The Balaban J connectivity index is 1.82. The molecule has 0 unspecified atom stereocenters. The number of hydrogen-bond donors (Lipinski definition) is 5. The van der Waals surface area contributed by atoms with E-state index < -0.39 is 17.8 Å². The highest BCUT2D eigenvalue weighted by atomic mass is 19.1. The van der Waals surface area contributed by atoms with Crippen molar-refractivity contribution in [2.45, 2.75) is 115 Å². The van der Waals surface area contributed by atoms with Crippen LogP contribution >= 0.6 is 0 Å². The second kappa shape index (κ2) is 22.4. The lowest BCUT2D eigenvalue weighted by Crippen LogP contribution is -2.30. The van der Waals surface area contributed by atoms with E-state index in [-0.39, 0.29) is 30.3 Å². The molecule has 0 saturated heterocycles. The average molecular weight is 550 g/mol. The largest absolute Gasteiger partial charge is 0.480 e. The Morgan fingerprint density at radius 2 is 1.31 bits per heavy atom. The molecule has 220 valence electrons. The topological polar surface area (TPSA) is 142 Å². The number of carboxylic acids is 1. The predicted octanol–water partition coefficient (Wildman–Crippen LogP) is 3.68. The van der Waals surface area contributed by atoms with E-state index in [0.29, 0.717) is 32.4 Å². The number of amides is 2. The molecule has 1 rings (SSSR count). The van der Waals surface area contributed by atoms with E-state index >= 15 is 0 Å². The maximum Gasteiger partial charge on any atom is 0.320 e. The molecular weight excluding hydrogens is 500 g/mol. The van der Waals surface area contributed by atoms with Gasteiger partial charge in [-0.2, -0.15) is 0 Å². The van der Waals surface area contributed by atoms with Crippen molar-refractivity contribution in [3.05, 3.63) is 29.6 Å². The maximum absolute atomic E-state index is 13.7. The molecule has 0 bridgehead atoms. The number of unbranched alkanes of at least 4 members (excludes halogenated alkanes) is 13. The van der Waals surface area contributed by atoms with Crippen molar-refractivity contribution < 1.29 is 28.9 Å². The molecule has 0 aliphatic heterocycles. The first kappa shape index (κ1) is 34.6. The van der Waals surface area contributed by atoms with Gasteiger partial charge in [-0.1, -0.05) is 76.7 Å². The highest BCUT2D eigenvalue weighted by Crippen LogP contribution is 2.13. The summed E-state index contributed by atoms with van der Waals surface area (Å²) in [5, 5.41) is 23.4. The number of carboxylic acid groups (broad SMARTS) is 1. The third kappa shape index (κ3) is 17.7. The monoisotopic (exact) mass is 549 g/mol. The van der Waals surface area contributed by atoms with Crippen molar-refractivity contribution >= 4 is 30.7 Å². The van der Waals surface area contributed by atoms with E-state index in [4.69, 9.17) is 15.9 Å². The summed E-state index contributed by atoms with van der Waals surface area (Å²) in [5.41, 5.74) is 5.91. The van der Waals surface area contributed by atoms with E-state index in [0.717, 1.165) is 38.5 Å². The zero-order valence-corrected chi connectivity index (χ0v) is 23.5. The molecule has 0 fully saturated rings. The van der Waals surface area contributed by atoms with Crippen molar-refractivity contribution in [2.24, 2.45) is 5.73 Å². The Morgan fingerprint density at radius 3 is 1.85 bits per heavy atom. The van der Waals surface area contributed by atoms with Crippen LogP contribution in [0.4, 0.5) is 4.39 Å². The van der Waals surface area contributed by atoms with Crippen molar-refractivity contribution in [3.63, 3.8) is 0 Å². The second-order valence-corrected chi connectivity index (χ2v) is 10.4. The summed E-state index contributed by atoms with van der Waals surface area (Å²) < 4.78 is 13.7. The Kier molecular flexibility index (Phi) is 19.8. The standard InChI is InChI=1S/C29H49BFN3O5/c31-25-22-23(18-19-24(25)30-39)28(36)34-21-14-11-9-7-5-3-1-2-4-6-8-10-12-17-27(35)33-20-15-13-16-26(32)29(37)38/h18-19,22,26,30,39H,1-17,20-21,32H2,(H,33,35)(H,34,36)(H,37,38)/t26-/m0/s1. The highest BCUT2D eigenvalue weighted by molar-refractivity contribution is 6.45. The van der Waals surface area contributed by atoms with E-state index in [1.54, 1.807) is 0 Å². The van der Waals surface area contributed by atoms with Crippen LogP contribution in [-0.2, 0) is 9.59 Å². The molecule has 0 radical (unpaired) electrons. The number of hydrogen-bond acceptors (Lipinski definition) is 5. The normalized spacial score (nSPS) is 11.7. The minimum atomic E-state index is -0.979. The van der Waals surface area contributed by atoms with Gasteiger partial charge < -0.3 is 26.5 Å². The van der Waals surface area contributed by atoms with Gasteiger partial charge in [0.1, 0.15) is 11.9 Å². The van der Waals surface area contributed by atoms with Crippen LogP contribution in [0.3, 0.4) is 0 Å². The van der Waals surface area contributed by atoms with Crippen molar-refractivity contribution in [2.75, 3.05) is 13.1 Å². The van der Waals surface area contributed by atoms with E-state index in [2.05, 4.69) is 10.6 Å². The van der Waals surface area contributed by atoms with Gasteiger partial charge in [0.25, 0.3) is 5.91 Å². The first-order valence-electron chi connectivity index (χ1n) is 14.8. The fourth-order valence-corrected chi connectivity index (χ4v) is 4.40. The fourth-order valence-electron chi connectivity index (χ4n) is 4.40. The Bertz CT molecular complexity index is 843. The molecule has 6 N–H and O–H groups in total. The summed E-state index contributed by atoms with van der Waals surface area (Å²) in [6.07, 6.45) is 17.4. The van der Waals surface area contributed by atoms with Crippen LogP contribution in [0.25, 0.3) is 0 Å². The summed E-state index contributed by atoms with van der Waals surface area (Å²) in [4.78, 5) is 34.5. The van der Waals surface area contributed by atoms with Gasteiger partial charge in [0, 0.05) is 25.1 Å². The minimum Gasteiger partial charge on any atom is -0.480 e. The molecule has 2 amide bonds. The first-order valence-corrected chi connectivity index (χ1v) is 14.8. The number of benzene rings is 1. The molecular formula is C29H49BFN3O5. The van der Waals surface area contributed by atoms with Crippen molar-refractivity contribution in [1.29, 1.82) is 0 Å². The number of carbonyl (C=O) groups excluding carboxylic acids is 2. The molecule has 0 aromatic heterocycles. The molecule has 10 heteroatoms. The molecule has 0 saturated carbocycles. The van der Waals surface area contributed by atoms with E-state index in [1.165, 1.54) is 69.6 Å². The van der Waals surface area contributed by atoms with Gasteiger partial charge >= 0.3 is 13.5 Å². The summed E-state index contributed by atoms with van der Waals surface area (Å²) in [7, 11) is -0.378. The van der Waals surface area contributed by atoms with Gasteiger partial charge in [0.2, 0.25) is 5.91 Å². The Labute approximate surface area is 234 Å². The number of halogens is 1. The van der Waals surface area contributed by atoms with Crippen LogP contribution in [0.2, 0.25) is 0 Å². The van der Waals surface area contributed by atoms with Crippen LogP contribution in [0, 0.1) is 5.82 Å². The molecule has 0 heterocycles. The zero-order valence-electron chi connectivity index (χ0n) is 23.5. The lowest BCUT2D eigenvalue weighted by atomic mass is 9.87. The van der Waals surface area contributed by atoms with E-state index in [1.807, 2.05) is 0 Å². The predicted molar refractivity (Wildman–Crippen MR) is 155 cm³/mol. The molecule has 1 aromatic carbocycles. The molecule has 8 nitrogen and oxygen atoms in total. The van der Waals surface area contributed by atoms with Crippen LogP contribution in [0.15, 0.2) is 18.2 Å². The van der Waals surface area contributed by atoms with Gasteiger partial charge in [-0.05, 0) is 49.7 Å². The number of carbonyl (C=O) groups is 3. The zero-order chi connectivity index (χ0) is 28.7. The van der Waals surface area contributed by atoms with Crippen LogP contribution in [-0.4, -0.2) is 54.5 Å². The van der Waals surface area contributed by atoms with Gasteiger partial charge in [-0.15, -0.1) is 0 Å². The summed E-state index contributed by atoms with van der Waals surface area (Å²) in [6.45, 7) is 1.16. The van der Waals surface area contributed by atoms with Crippen LogP contribution in [0.1, 0.15) is 120 Å². The van der Waals surface area contributed by atoms with Crippen LogP contribution < -0.4 is 21.8 Å². The Hall–Kier alpha value is -2.46. The Morgan fingerprint density at radius 1 is 0.795 bits per heavy atom. The number of rotatable bonds is 24. The van der Waals surface area contributed by atoms with Gasteiger partial charge in [-0.25, -0.2) is 4.39 Å². The number of nitrogens with two attached hydrogens (primary N) is 1. The highest BCUT2D eigenvalue weighted by Gasteiger charge is 2.11. The van der Waals surface area contributed by atoms with Crippen molar-refractivity contribution in [1.82, 2.24) is 10.6 Å². The summed E-state index contributed by atoms with van der Waals surface area (Å²) in [5.74, 6) is -1.75. The lowest BCUT2D eigenvalue weighted by Gasteiger charge is -2.07. The summed E-state index contributed by atoms with van der Waals surface area (Å²) >= 11 is 0. The molecule has 0 aliphatic rings. The van der Waals surface area contributed by atoms with Gasteiger partial charge in [0.05, 0.1) is 0 Å². The molecule has 0 aliphatic carbocycles. The van der Waals surface area contributed by atoms with E-state index in [9.17, 15) is 18.8 Å². The third-order valence-corrected chi connectivity index (χ3v) is 6.93. The third-order valence-electron chi connectivity index (χ3n) is 6.93. The molecule has 0 spiro atoms. The maximum atomic E-state index is 13.7. The number of aliphatic carboxylic acids is 1. The number of nitrogens with one attached hydrogen (secondary N) is 2. The fraction of sp³-hybridized carbons (Fsp3) is 0.690. The molecule has 1 atom stereocenters. The second-order valence-electron chi connectivity index (χ2n) is 10.4.